The Labute approximate surface area is 148 Å². The molecule has 130 valence electrons. The van der Waals surface area contributed by atoms with Gasteiger partial charge in [0.2, 0.25) is 0 Å². The fourth-order valence-corrected chi connectivity index (χ4v) is 4.88. The van der Waals surface area contributed by atoms with E-state index in [0.29, 0.717) is 6.04 Å². The van der Waals surface area contributed by atoms with E-state index in [2.05, 4.69) is 45.4 Å². The number of carbonyl (C=O) groups excluding carboxylic acids is 1. The standard InChI is InChI=1S/C21H25N3O/c25-21(24-11-8-17(14-24)23-12-9-22-10-13-23)19-7-6-16-5-4-15-2-1-3-18(19)20(15)16/h1-3,6-7,17,22H,4-5,8-14H2. The van der Waals surface area contributed by atoms with Crippen molar-refractivity contribution < 1.29 is 4.79 Å². The Kier molecular flexibility index (Phi) is 3.75. The monoisotopic (exact) mass is 335 g/mol. The number of benzene rings is 2. The minimum atomic E-state index is 0.216. The topological polar surface area (TPSA) is 35.6 Å². The lowest BCUT2D eigenvalue weighted by atomic mass is 9.99. The van der Waals surface area contributed by atoms with Gasteiger partial charge in [-0.25, -0.2) is 0 Å². The number of carbonyl (C=O) groups is 1. The molecule has 1 unspecified atom stereocenters. The summed E-state index contributed by atoms with van der Waals surface area (Å²) in [4.78, 5) is 17.9. The smallest absolute Gasteiger partial charge is 0.254 e. The van der Waals surface area contributed by atoms with E-state index < -0.39 is 0 Å². The van der Waals surface area contributed by atoms with Crippen LogP contribution in [-0.4, -0.2) is 61.0 Å². The summed E-state index contributed by atoms with van der Waals surface area (Å²) in [5.41, 5.74) is 3.70. The molecule has 1 atom stereocenters. The maximum atomic E-state index is 13.2. The molecule has 25 heavy (non-hydrogen) atoms. The molecule has 2 saturated heterocycles. The molecule has 2 aromatic carbocycles. The highest BCUT2D eigenvalue weighted by Gasteiger charge is 2.32. The van der Waals surface area contributed by atoms with Gasteiger partial charge in [0.25, 0.3) is 5.91 Å². The Hall–Kier alpha value is -1.91. The Bertz CT molecular complexity index is 815. The van der Waals surface area contributed by atoms with E-state index in [1.165, 1.54) is 16.5 Å². The summed E-state index contributed by atoms with van der Waals surface area (Å²) in [5, 5.41) is 5.91. The van der Waals surface area contributed by atoms with Crippen LogP contribution in [0.5, 0.6) is 0 Å². The van der Waals surface area contributed by atoms with Crippen molar-refractivity contribution in [3.8, 4) is 0 Å². The normalized spacial score (nSPS) is 23.5. The molecule has 0 radical (unpaired) electrons. The number of hydrogen-bond acceptors (Lipinski definition) is 3. The highest BCUT2D eigenvalue weighted by Crippen LogP contribution is 2.33. The fraction of sp³-hybridized carbons (Fsp3) is 0.476. The lowest BCUT2D eigenvalue weighted by molar-refractivity contribution is 0.0775. The van der Waals surface area contributed by atoms with Crippen LogP contribution in [0.15, 0.2) is 30.3 Å². The third-order valence-corrected chi connectivity index (χ3v) is 6.23. The van der Waals surface area contributed by atoms with E-state index in [1.54, 1.807) is 0 Å². The molecule has 5 rings (SSSR count). The Balaban J connectivity index is 1.41. The maximum absolute atomic E-state index is 13.2. The zero-order valence-corrected chi connectivity index (χ0v) is 14.6. The van der Waals surface area contributed by atoms with Crippen molar-refractivity contribution in [2.75, 3.05) is 39.3 Å². The van der Waals surface area contributed by atoms with Crippen LogP contribution >= 0.6 is 0 Å². The average molecular weight is 335 g/mol. The summed E-state index contributed by atoms with van der Waals surface area (Å²) < 4.78 is 0. The molecule has 0 spiro atoms. The van der Waals surface area contributed by atoms with E-state index in [9.17, 15) is 4.79 Å². The van der Waals surface area contributed by atoms with Crippen LogP contribution in [0, 0.1) is 0 Å². The highest BCUT2D eigenvalue weighted by molar-refractivity contribution is 6.09. The number of hydrogen-bond donors (Lipinski definition) is 1. The van der Waals surface area contributed by atoms with Gasteiger partial charge < -0.3 is 10.2 Å². The Morgan fingerprint density at radius 2 is 1.80 bits per heavy atom. The van der Waals surface area contributed by atoms with Gasteiger partial charge in [-0.05, 0) is 47.2 Å². The molecule has 1 amide bonds. The van der Waals surface area contributed by atoms with E-state index in [0.717, 1.165) is 69.5 Å². The second-order valence-corrected chi connectivity index (χ2v) is 7.59. The van der Waals surface area contributed by atoms with Gasteiger partial charge in [-0.15, -0.1) is 0 Å². The molecule has 2 heterocycles. The van der Waals surface area contributed by atoms with Crippen molar-refractivity contribution in [1.29, 1.82) is 0 Å². The first-order chi connectivity index (χ1) is 12.3. The van der Waals surface area contributed by atoms with Gasteiger partial charge in [0, 0.05) is 50.9 Å². The maximum Gasteiger partial charge on any atom is 0.254 e. The first-order valence-electron chi connectivity index (χ1n) is 9.59. The van der Waals surface area contributed by atoms with Crippen molar-refractivity contribution in [1.82, 2.24) is 15.1 Å². The number of aryl methyl sites for hydroxylation is 2. The van der Waals surface area contributed by atoms with Crippen LogP contribution in [0.1, 0.15) is 27.9 Å². The van der Waals surface area contributed by atoms with Gasteiger partial charge in [-0.1, -0.05) is 24.3 Å². The highest BCUT2D eigenvalue weighted by atomic mass is 16.2. The number of likely N-dealkylation sites (tertiary alicyclic amines) is 1. The fourth-order valence-electron chi connectivity index (χ4n) is 4.88. The van der Waals surface area contributed by atoms with E-state index in [-0.39, 0.29) is 5.91 Å². The summed E-state index contributed by atoms with van der Waals surface area (Å²) >= 11 is 0. The molecule has 2 aromatic rings. The lowest BCUT2D eigenvalue weighted by Gasteiger charge is -2.32. The predicted molar refractivity (Wildman–Crippen MR) is 100 cm³/mol. The summed E-state index contributed by atoms with van der Waals surface area (Å²) in [5.74, 6) is 0.216. The Morgan fingerprint density at radius 3 is 2.64 bits per heavy atom. The quantitative estimate of drug-likeness (QED) is 0.912. The van der Waals surface area contributed by atoms with Crippen molar-refractivity contribution in [2.45, 2.75) is 25.3 Å². The van der Waals surface area contributed by atoms with Gasteiger partial charge >= 0.3 is 0 Å². The van der Waals surface area contributed by atoms with Gasteiger partial charge in [-0.2, -0.15) is 0 Å². The second kappa shape index (κ2) is 6.11. The summed E-state index contributed by atoms with van der Waals surface area (Å²) in [6, 6.07) is 11.2. The minimum Gasteiger partial charge on any atom is -0.337 e. The van der Waals surface area contributed by atoms with Crippen LogP contribution in [0.4, 0.5) is 0 Å². The molecular formula is C21H25N3O. The van der Waals surface area contributed by atoms with E-state index in [1.807, 2.05) is 0 Å². The summed E-state index contributed by atoms with van der Waals surface area (Å²) in [6.07, 6.45) is 3.32. The van der Waals surface area contributed by atoms with Crippen LogP contribution in [0.3, 0.4) is 0 Å². The van der Waals surface area contributed by atoms with Gasteiger partial charge in [-0.3, -0.25) is 9.69 Å². The third-order valence-electron chi connectivity index (χ3n) is 6.23. The molecule has 2 aliphatic heterocycles. The van der Waals surface area contributed by atoms with E-state index in [4.69, 9.17) is 0 Å². The molecule has 1 aliphatic carbocycles. The van der Waals surface area contributed by atoms with Crippen molar-refractivity contribution in [2.24, 2.45) is 0 Å². The van der Waals surface area contributed by atoms with Crippen molar-refractivity contribution >= 4 is 16.7 Å². The molecule has 0 aromatic heterocycles. The predicted octanol–water partition coefficient (Wildman–Crippen LogP) is 2.06. The third kappa shape index (κ3) is 2.55. The largest absolute Gasteiger partial charge is 0.337 e. The lowest BCUT2D eigenvalue weighted by Crippen LogP contribution is -2.49. The van der Waals surface area contributed by atoms with Crippen molar-refractivity contribution in [3.05, 3.63) is 47.0 Å². The molecular weight excluding hydrogens is 310 g/mol. The second-order valence-electron chi connectivity index (χ2n) is 7.59. The zero-order valence-electron chi connectivity index (χ0n) is 14.6. The summed E-state index contributed by atoms with van der Waals surface area (Å²) in [6.45, 7) is 6.11. The minimum absolute atomic E-state index is 0.216. The SMILES string of the molecule is O=C(c1ccc2c3c(cccc13)CC2)N1CCC(N2CCNCC2)C1. The molecule has 0 bridgehead atoms. The van der Waals surface area contributed by atoms with Crippen LogP contribution < -0.4 is 5.32 Å². The number of amides is 1. The number of piperazine rings is 1. The molecule has 4 heteroatoms. The average Bonchev–Trinajstić information content (AvgIpc) is 3.31. The van der Waals surface area contributed by atoms with Gasteiger partial charge in [0.1, 0.15) is 0 Å². The number of rotatable bonds is 2. The molecule has 3 aliphatic rings. The van der Waals surface area contributed by atoms with Crippen LogP contribution in [-0.2, 0) is 12.8 Å². The molecule has 1 N–H and O–H groups in total. The number of nitrogens with one attached hydrogen (secondary N) is 1. The van der Waals surface area contributed by atoms with E-state index >= 15 is 0 Å². The van der Waals surface area contributed by atoms with Crippen molar-refractivity contribution in [3.63, 3.8) is 0 Å². The molecule has 4 nitrogen and oxygen atoms in total. The summed E-state index contributed by atoms with van der Waals surface area (Å²) in [7, 11) is 0. The van der Waals surface area contributed by atoms with Gasteiger partial charge in [0.05, 0.1) is 0 Å². The zero-order chi connectivity index (χ0) is 16.8. The molecule has 0 saturated carbocycles. The van der Waals surface area contributed by atoms with Gasteiger partial charge in [0.15, 0.2) is 0 Å². The Morgan fingerprint density at radius 1 is 1.00 bits per heavy atom. The first-order valence-corrected chi connectivity index (χ1v) is 9.59. The van der Waals surface area contributed by atoms with Crippen LogP contribution in [0.25, 0.3) is 10.8 Å². The number of nitrogens with zero attached hydrogens (tertiary/aromatic N) is 2. The first kappa shape index (κ1) is 15.4. The molecule has 2 fully saturated rings. The van der Waals surface area contributed by atoms with Crippen LogP contribution in [0.2, 0.25) is 0 Å².